The molecule has 1 aromatic heterocycles. The molecule has 0 bridgehead atoms. The zero-order valence-corrected chi connectivity index (χ0v) is 16.0. The van der Waals surface area contributed by atoms with E-state index in [9.17, 15) is 4.39 Å². The molecule has 6 heteroatoms. The first-order valence-corrected chi connectivity index (χ1v) is 9.05. The van der Waals surface area contributed by atoms with Gasteiger partial charge in [0, 0.05) is 37.1 Å². The number of benzene rings is 1. The van der Waals surface area contributed by atoms with Gasteiger partial charge in [0.25, 0.3) is 0 Å². The third-order valence-corrected chi connectivity index (χ3v) is 5.00. The van der Waals surface area contributed by atoms with Gasteiger partial charge in [-0.3, -0.25) is 4.68 Å². The second kappa shape index (κ2) is 7.37. The summed E-state index contributed by atoms with van der Waals surface area (Å²) >= 11 is 0. The van der Waals surface area contributed by atoms with Gasteiger partial charge >= 0.3 is 0 Å². The third kappa shape index (κ3) is 3.76. The standard InChI is InChI=1S/C20H28FN3O2/c1-19(2,3)24-14-15(13-23-24)12-22-20(8-10-26-11-9-20)16-6-5-7-17(25-4)18(16)21/h5-7,13-14,22H,8-12H2,1-4H3. The topological polar surface area (TPSA) is 48.3 Å². The van der Waals surface area contributed by atoms with Gasteiger partial charge in [-0.05, 0) is 39.7 Å². The molecule has 1 fully saturated rings. The Bertz CT molecular complexity index is 746. The van der Waals surface area contributed by atoms with Crippen LogP contribution in [0.1, 0.15) is 44.7 Å². The van der Waals surface area contributed by atoms with Crippen molar-refractivity contribution in [2.75, 3.05) is 20.3 Å². The Balaban J connectivity index is 1.86. The first-order valence-electron chi connectivity index (χ1n) is 9.05. The van der Waals surface area contributed by atoms with Crippen LogP contribution in [0.3, 0.4) is 0 Å². The van der Waals surface area contributed by atoms with Gasteiger partial charge in [-0.25, -0.2) is 4.39 Å². The maximum atomic E-state index is 15.0. The molecule has 0 unspecified atom stereocenters. The summed E-state index contributed by atoms with van der Waals surface area (Å²) in [5.41, 5.74) is 1.19. The molecule has 142 valence electrons. The van der Waals surface area contributed by atoms with Gasteiger partial charge in [0.05, 0.1) is 24.4 Å². The van der Waals surface area contributed by atoms with E-state index >= 15 is 0 Å². The lowest BCUT2D eigenvalue weighted by molar-refractivity contribution is 0.0342. The Morgan fingerprint density at radius 2 is 2.04 bits per heavy atom. The average molecular weight is 361 g/mol. The summed E-state index contributed by atoms with van der Waals surface area (Å²) in [4.78, 5) is 0. The molecule has 2 heterocycles. The first kappa shape index (κ1) is 18.9. The van der Waals surface area contributed by atoms with Crippen molar-refractivity contribution in [1.29, 1.82) is 0 Å². The van der Waals surface area contributed by atoms with Gasteiger partial charge in [-0.2, -0.15) is 5.10 Å². The molecule has 1 aliphatic heterocycles. The molecule has 1 aromatic carbocycles. The third-order valence-electron chi connectivity index (χ3n) is 5.00. The molecule has 5 nitrogen and oxygen atoms in total. The lowest BCUT2D eigenvalue weighted by Gasteiger charge is -2.39. The fourth-order valence-corrected chi connectivity index (χ4v) is 3.39. The summed E-state index contributed by atoms with van der Waals surface area (Å²) in [7, 11) is 1.49. The number of ether oxygens (including phenoxy) is 2. The summed E-state index contributed by atoms with van der Waals surface area (Å²) in [5, 5.41) is 8.05. The zero-order valence-electron chi connectivity index (χ0n) is 16.0. The lowest BCUT2D eigenvalue weighted by atomic mass is 9.82. The monoisotopic (exact) mass is 361 g/mol. The van der Waals surface area contributed by atoms with Crippen LogP contribution in [0.4, 0.5) is 4.39 Å². The number of nitrogens with one attached hydrogen (secondary N) is 1. The van der Waals surface area contributed by atoms with E-state index in [1.807, 2.05) is 29.2 Å². The number of nitrogens with zero attached hydrogens (tertiary/aromatic N) is 2. The molecule has 1 saturated heterocycles. The Labute approximate surface area is 154 Å². The summed E-state index contributed by atoms with van der Waals surface area (Å²) < 4.78 is 27.6. The Morgan fingerprint density at radius 1 is 1.31 bits per heavy atom. The normalized spacial score (nSPS) is 17.3. The van der Waals surface area contributed by atoms with Crippen molar-refractivity contribution in [2.24, 2.45) is 0 Å². The maximum Gasteiger partial charge on any atom is 0.170 e. The summed E-state index contributed by atoms with van der Waals surface area (Å²) in [6, 6.07) is 5.34. The average Bonchev–Trinajstić information content (AvgIpc) is 3.10. The molecule has 26 heavy (non-hydrogen) atoms. The second-order valence-corrected chi connectivity index (χ2v) is 7.83. The van der Waals surface area contributed by atoms with Crippen LogP contribution in [-0.2, 0) is 22.4 Å². The van der Waals surface area contributed by atoms with E-state index in [4.69, 9.17) is 9.47 Å². The van der Waals surface area contributed by atoms with Crippen LogP contribution in [0.15, 0.2) is 30.6 Å². The van der Waals surface area contributed by atoms with Crippen molar-refractivity contribution in [1.82, 2.24) is 15.1 Å². The minimum Gasteiger partial charge on any atom is -0.494 e. The molecule has 2 aromatic rings. The maximum absolute atomic E-state index is 15.0. The molecule has 0 spiro atoms. The Kier molecular flexibility index (Phi) is 5.34. The van der Waals surface area contributed by atoms with E-state index in [2.05, 4.69) is 31.2 Å². The highest BCUT2D eigenvalue weighted by Crippen LogP contribution is 2.36. The molecular weight excluding hydrogens is 333 g/mol. The fraction of sp³-hybridized carbons (Fsp3) is 0.550. The van der Waals surface area contributed by atoms with Gasteiger partial charge in [0.1, 0.15) is 0 Å². The van der Waals surface area contributed by atoms with Crippen LogP contribution in [0.25, 0.3) is 0 Å². The second-order valence-electron chi connectivity index (χ2n) is 7.83. The molecule has 0 aliphatic carbocycles. The molecule has 0 saturated carbocycles. The number of hydrogen-bond donors (Lipinski definition) is 1. The molecule has 0 amide bonds. The van der Waals surface area contributed by atoms with E-state index < -0.39 is 5.54 Å². The zero-order chi connectivity index (χ0) is 18.8. The van der Waals surface area contributed by atoms with Crippen LogP contribution in [-0.4, -0.2) is 30.1 Å². The molecule has 0 radical (unpaired) electrons. The highest BCUT2D eigenvalue weighted by atomic mass is 19.1. The van der Waals surface area contributed by atoms with Gasteiger partial charge in [-0.1, -0.05) is 12.1 Å². The highest BCUT2D eigenvalue weighted by molar-refractivity contribution is 5.36. The van der Waals surface area contributed by atoms with Crippen molar-refractivity contribution < 1.29 is 13.9 Å². The molecule has 3 rings (SSSR count). The quantitative estimate of drug-likeness (QED) is 0.884. The number of methoxy groups -OCH3 is 1. The fourth-order valence-electron chi connectivity index (χ4n) is 3.39. The smallest absolute Gasteiger partial charge is 0.170 e. The van der Waals surface area contributed by atoms with Crippen LogP contribution in [0.2, 0.25) is 0 Å². The predicted molar refractivity (Wildman–Crippen MR) is 98.7 cm³/mol. The SMILES string of the molecule is COc1cccc(C2(NCc3cnn(C(C)(C)C)c3)CCOCC2)c1F. The van der Waals surface area contributed by atoms with Crippen molar-refractivity contribution in [2.45, 2.75) is 51.2 Å². The van der Waals surface area contributed by atoms with Crippen molar-refractivity contribution in [3.63, 3.8) is 0 Å². The number of rotatable bonds is 5. The Hall–Kier alpha value is -1.92. The molecular formula is C20H28FN3O2. The van der Waals surface area contributed by atoms with Crippen molar-refractivity contribution in [3.05, 3.63) is 47.5 Å². The predicted octanol–water partition coefficient (Wildman–Crippen LogP) is 3.58. The van der Waals surface area contributed by atoms with Crippen LogP contribution >= 0.6 is 0 Å². The van der Waals surface area contributed by atoms with Crippen molar-refractivity contribution in [3.8, 4) is 5.75 Å². The minimum absolute atomic E-state index is 0.0620. The van der Waals surface area contributed by atoms with Gasteiger partial charge in [0.2, 0.25) is 0 Å². The lowest BCUT2D eigenvalue weighted by Crippen LogP contribution is -2.47. The molecule has 0 atom stereocenters. The largest absolute Gasteiger partial charge is 0.494 e. The summed E-state index contributed by atoms with van der Waals surface area (Å²) in [6.45, 7) is 8.16. The van der Waals surface area contributed by atoms with Gasteiger partial charge in [0.15, 0.2) is 11.6 Å². The Morgan fingerprint density at radius 3 is 2.65 bits per heavy atom. The van der Waals surface area contributed by atoms with Gasteiger partial charge in [-0.15, -0.1) is 0 Å². The first-order chi connectivity index (χ1) is 12.4. The summed E-state index contributed by atoms with van der Waals surface area (Å²) in [5.74, 6) is -0.0227. The van der Waals surface area contributed by atoms with E-state index in [1.54, 1.807) is 6.07 Å². The van der Waals surface area contributed by atoms with Crippen LogP contribution in [0.5, 0.6) is 5.75 Å². The molecule has 1 aliphatic rings. The van der Waals surface area contributed by atoms with Crippen molar-refractivity contribution >= 4 is 0 Å². The van der Waals surface area contributed by atoms with Crippen LogP contribution in [0, 0.1) is 5.82 Å². The summed E-state index contributed by atoms with van der Waals surface area (Å²) in [6.07, 6.45) is 5.34. The van der Waals surface area contributed by atoms with Gasteiger partial charge < -0.3 is 14.8 Å². The molecule has 1 N–H and O–H groups in total. The highest BCUT2D eigenvalue weighted by Gasteiger charge is 2.37. The van der Waals surface area contributed by atoms with E-state index in [0.717, 1.165) is 5.56 Å². The van der Waals surface area contributed by atoms with Crippen LogP contribution < -0.4 is 10.1 Å². The number of hydrogen-bond acceptors (Lipinski definition) is 4. The number of aromatic nitrogens is 2. The van der Waals surface area contributed by atoms with E-state index in [0.29, 0.717) is 38.2 Å². The minimum atomic E-state index is -0.472. The number of halogens is 1. The van der Waals surface area contributed by atoms with E-state index in [-0.39, 0.29) is 17.1 Å². The van der Waals surface area contributed by atoms with E-state index in [1.165, 1.54) is 7.11 Å².